The van der Waals surface area contributed by atoms with Gasteiger partial charge in [0, 0.05) is 26.2 Å². The maximum absolute atomic E-state index is 13.0. The number of aromatic nitrogens is 2. The number of benzene rings is 1. The van der Waals surface area contributed by atoms with Crippen LogP contribution in [0.1, 0.15) is 32.6 Å². The first-order valence-electron chi connectivity index (χ1n) is 8.61. The summed E-state index contributed by atoms with van der Waals surface area (Å²) in [6.45, 7) is 2.33. The molecule has 146 valence electrons. The molecule has 1 fully saturated rings. The summed E-state index contributed by atoms with van der Waals surface area (Å²) in [6, 6.07) is 4.77. The molecule has 1 aromatic carbocycles. The summed E-state index contributed by atoms with van der Waals surface area (Å²) < 4.78 is 31.8. The van der Waals surface area contributed by atoms with Gasteiger partial charge in [-0.25, -0.2) is 17.9 Å². The van der Waals surface area contributed by atoms with Crippen LogP contribution in [0.5, 0.6) is 0 Å². The molecule has 26 heavy (non-hydrogen) atoms. The summed E-state index contributed by atoms with van der Waals surface area (Å²) in [4.78, 5) is 12.2. The molecule has 1 aliphatic rings. The highest BCUT2D eigenvalue weighted by atomic mass is 35.5. The van der Waals surface area contributed by atoms with Gasteiger partial charge in [-0.3, -0.25) is 9.13 Å². The molecule has 0 saturated heterocycles. The number of hydrogen-bond donors (Lipinski definition) is 2. The molecule has 1 saturated carbocycles. The van der Waals surface area contributed by atoms with Crippen molar-refractivity contribution in [1.29, 1.82) is 0 Å². The minimum atomic E-state index is -3.73. The van der Waals surface area contributed by atoms with Crippen molar-refractivity contribution in [2.45, 2.75) is 43.0 Å². The van der Waals surface area contributed by atoms with Gasteiger partial charge >= 0.3 is 5.69 Å². The molecule has 0 radical (unpaired) electrons. The van der Waals surface area contributed by atoms with Gasteiger partial charge in [-0.05, 0) is 37.0 Å². The highest BCUT2D eigenvalue weighted by molar-refractivity contribution is 7.89. The van der Waals surface area contributed by atoms with E-state index in [9.17, 15) is 13.2 Å². The molecule has 3 N–H and O–H groups in total. The average molecular weight is 403 g/mol. The lowest BCUT2D eigenvalue weighted by Crippen LogP contribution is -2.58. The van der Waals surface area contributed by atoms with Gasteiger partial charge in [0.25, 0.3) is 0 Å². The Hall–Kier alpha value is -1.35. The van der Waals surface area contributed by atoms with E-state index in [-0.39, 0.29) is 35.5 Å². The molecule has 2 atom stereocenters. The maximum Gasteiger partial charge on any atom is 0.328 e. The normalized spacial score (nSPS) is 23.8. The first kappa shape index (κ1) is 21.0. The van der Waals surface area contributed by atoms with Crippen molar-refractivity contribution in [1.82, 2.24) is 13.9 Å². The monoisotopic (exact) mass is 402 g/mol. The number of halogens is 1. The predicted octanol–water partition coefficient (Wildman–Crippen LogP) is 1.48. The van der Waals surface area contributed by atoms with Crippen LogP contribution in [0.3, 0.4) is 0 Å². The standard InChI is InChI=1S/C17H26N4O3S.ClH/c1-12-6-4-5-9-17(12,11-18)19-25(23,24)13-7-8-14-15(10-13)21(3)16(22)20(14)2;/h7-8,10,12,19H,4-6,9,11,18H2,1-3H3;1H. The summed E-state index contributed by atoms with van der Waals surface area (Å²) in [5.74, 6) is 0.186. The van der Waals surface area contributed by atoms with Crippen LogP contribution in [0, 0.1) is 5.92 Å². The van der Waals surface area contributed by atoms with Crippen molar-refractivity contribution in [3.8, 4) is 0 Å². The molecule has 3 rings (SSSR count). The zero-order valence-corrected chi connectivity index (χ0v) is 17.0. The fourth-order valence-corrected chi connectivity index (χ4v) is 5.44. The van der Waals surface area contributed by atoms with Crippen molar-refractivity contribution in [2.75, 3.05) is 6.54 Å². The van der Waals surface area contributed by atoms with Gasteiger partial charge in [-0.1, -0.05) is 19.8 Å². The van der Waals surface area contributed by atoms with Crippen molar-refractivity contribution in [3.63, 3.8) is 0 Å². The molecule has 0 aliphatic heterocycles. The van der Waals surface area contributed by atoms with E-state index in [0.29, 0.717) is 11.0 Å². The molecule has 0 amide bonds. The second-order valence-corrected chi connectivity index (χ2v) is 8.85. The minimum absolute atomic E-state index is 0. The number of fused-ring (bicyclic) bond motifs is 1. The van der Waals surface area contributed by atoms with Crippen molar-refractivity contribution >= 4 is 33.5 Å². The number of rotatable bonds is 4. The third kappa shape index (κ3) is 3.31. The maximum atomic E-state index is 13.0. The highest BCUT2D eigenvalue weighted by Gasteiger charge is 2.40. The van der Waals surface area contributed by atoms with E-state index in [0.717, 1.165) is 25.7 Å². The number of hydrogen-bond acceptors (Lipinski definition) is 4. The third-order valence-electron chi connectivity index (χ3n) is 5.71. The summed E-state index contributed by atoms with van der Waals surface area (Å²) in [7, 11) is -0.421. The zero-order valence-electron chi connectivity index (χ0n) is 15.4. The minimum Gasteiger partial charge on any atom is -0.329 e. The second-order valence-electron chi connectivity index (χ2n) is 7.16. The molecule has 0 bridgehead atoms. The van der Waals surface area contributed by atoms with Crippen LogP contribution in [0.25, 0.3) is 11.0 Å². The van der Waals surface area contributed by atoms with E-state index in [2.05, 4.69) is 11.6 Å². The fourth-order valence-electron chi connectivity index (χ4n) is 3.89. The van der Waals surface area contributed by atoms with Crippen LogP contribution < -0.4 is 16.1 Å². The Morgan fingerprint density at radius 1 is 1.23 bits per heavy atom. The Balaban J connectivity index is 0.00000243. The quantitative estimate of drug-likeness (QED) is 0.809. The van der Waals surface area contributed by atoms with Gasteiger partial charge in [0.05, 0.1) is 15.9 Å². The third-order valence-corrected chi connectivity index (χ3v) is 7.26. The number of nitrogens with zero attached hydrogens (tertiary/aromatic N) is 2. The fraction of sp³-hybridized carbons (Fsp3) is 0.588. The first-order valence-corrected chi connectivity index (χ1v) is 10.1. The Labute approximate surface area is 160 Å². The van der Waals surface area contributed by atoms with Crippen LogP contribution >= 0.6 is 12.4 Å². The summed E-state index contributed by atoms with van der Waals surface area (Å²) in [5, 5.41) is 0. The Bertz CT molecular complexity index is 966. The smallest absolute Gasteiger partial charge is 0.328 e. The van der Waals surface area contributed by atoms with E-state index in [1.165, 1.54) is 9.13 Å². The topological polar surface area (TPSA) is 99.1 Å². The number of nitrogens with two attached hydrogens (primary N) is 1. The molecular weight excluding hydrogens is 376 g/mol. The molecule has 1 aromatic heterocycles. The van der Waals surface area contributed by atoms with E-state index < -0.39 is 15.6 Å². The summed E-state index contributed by atoms with van der Waals surface area (Å²) in [5.41, 5.74) is 6.48. The molecule has 1 aliphatic carbocycles. The van der Waals surface area contributed by atoms with Crippen molar-refractivity contribution < 1.29 is 8.42 Å². The molecule has 1 heterocycles. The highest BCUT2D eigenvalue weighted by Crippen LogP contribution is 2.34. The lowest BCUT2D eigenvalue weighted by Gasteiger charge is -2.42. The lowest BCUT2D eigenvalue weighted by molar-refractivity contribution is 0.191. The predicted molar refractivity (Wildman–Crippen MR) is 105 cm³/mol. The Kier molecular flexibility index (Phi) is 5.92. The van der Waals surface area contributed by atoms with Gasteiger partial charge in [-0.15, -0.1) is 12.4 Å². The number of aryl methyl sites for hydroxylation is 2. The van der Waals surface area contributed by atoms with Crippen molar-refractivity contribution in [3.05, 3.63) is 28.7 Å². The average Bonchev–Trinajstić information content (AvgIpc) is 2.81. The van der Waals surface area contributed by atoms with E-state index >= 15 is 0 Å². The zero-order chi connectivity index (χ0) is 18.4. The molecule has 0 spiro atoms. The van der Waals surface area contributed by atoms with E-state index in [1.54, 1.807) is 32.3 Å². The van der Waals surface area contributed by atoms with Gasteiger partial charge in [0.2, 0.25) is 10.0 Å². The first-order chi connectivity index (χ1) is 11.7. The van der Waals surface area contributed by atoms with Gasteiger partial charge in [0.1, 0.15) is 0 Å². The second kappa shape index (κ2) is 7.34. The van der Waals surface area contributed by atoms with E-state index in [4.69, 9.17) is 5.73 Å². The molecule has 2 aromatic rings. The molecule has 9 heteroatoms. The van der Waals surface area contributed by atoms with Crippen LogP contribution in [0.15, 0.2) is 27.9 Å². The SMILES string of the molecule is CC1CCCCC1(CN)NS(=O)(=O)c1ccc2c(c1)n(C)c(=O)n2C.Cl. The van der Waals surface area contributed by atoms with Crippen LogP contribution in [0.2, 0.25) is 0 Å². The van der Waals surface area contributed by atoms with Crippen LogP contribution in [-0.2, 0) is 24.1 Å². The molecule has 7 nitrogen and oxygen atoms in total. The Morgan fingerprint density at radius 2 is 1.88 bits per heavy atom. The number of sulfonamides is 1. The van der Waals surface area contributed by atoms with Crippen molar-refractivity contribution in [2.24, 2.45) is 25.7 Å². The van der Waals surface area contributed by atoms with Gasteiger partial charge in [-0.2, -0.15) is 0 Å². The van der Waals surface area contributed by atoms with Crippen LogP contribution in [-0.4, -0.2) is 29.6 Å². The van der Waals surface area contributed by atoms with E-state index in [1.807, 2.05) is 0 Å². The number of imidazole rings is 1. The largest absolute Gasteiger partial charge is 0.329 e. The Morgan fingerprint density at radius 3 is 2.50 bits per heavy atom. The molecule has 2 unspecified atom stereocenters. The number of nitrogens with one attached hydrogen (secondary N) is 1. The van der Waals surface area contributed by atoms with Crippen LogP contribution in [0.4, 0.5) is 0 Å². The van der Waals surface area contributed by atoms with Gasteiger partial charge in [0.15, 0.2) is 0 Å². The summed E-state index contributed by atoms with van der Waals surface area (Å²) >= 11 is 0. The van der Waals surface area contributed by atoms with Gasteiger partial charge < -0.3 is 5.73 Å². The summed E-state index contributed by atoms with van der Waals surface area (Å²) in [6.07, 6.45) is 3.78. The lowest BCUT2D eigenvalue weighted by atomic mass is 9.74. The molecular formula is C17H27ClN4O3S.